The minimum Gasteiger partial charge on any atom is -0.350 e. The molecule has 146 valence electrons. The Morgan fingerprint density at radius 1 is 1.21 bits per heavy atom. The van der Waals surface area contributed by atoms with E-state index in [0.717, 1.165) is 15.4 Å². The van der Waals surface area contributed by atoms with E-state index in [1.807, 2.05) is 31.4 Å². The van der Waals surface area contributed by atoms with Gasteiger partial charge in [0.2, 0.25) is 5.91 Å². The van der Waals surface area contributed by atoms with Crippen molar-refractivity contribution >= 4 is 34.5 Å². The van der Waals surface area contributed by atoms with Crippen molar-refractivity contribution in [3.05, 3.63) is 63.7 Å². The molecule has 0 radical (unpaired) electrons. The average Bonchev–Trinajstić information content (AvgIpc) is 3.34. The van der Waals surface area contributed by atoms with Crippen molar-refractivity contribution < 1.29 is 14.0 Å². The number of nitrogens with one attached hydrogen (secondary N) is 1. The zero-order valence-electron chi connectivity index (χ0n) is 15.6. The normalized spacial score (nSPS) is 10.7. The van der Waals surface area contributed by atoms with Crippen molar-refractivity contribution in [2.24, 2.45) is 0 Å². The number of rotatable bonds is 7. The van der Waals surface area contributed by atoms with Crippen LogP contribution in [0.5, 0.6) is 0 Å². The monoisotopic (exact) mass is 417 g/mol. The number of carbonyl (C=O) groups excluding carboxylic acids is 2. The number of nitrogens with zero attached hydrogens (tertiary/aromatic N) is 2. The number of aryl methyl sites for hydroxylation is 1. The Kier molecular flexibility index (Phi) is 6.53. The van der Waals surface area contributed by atoms with Crippen LogP contribution in [0.2, 0.25) is 0 Å². The van der Waals surface area contributed by atoms with E-state index >= 15 is 0 Å². The quantitative estimate of drug-likeness (QED) is 0.630. The first kappa shape index (κ1) is 20.2. The molecule has 1 N–H and O–H groups in total. The van der Waals surface area contributed by atoms with Gasteiger partial charge in [-0.25, -0.2) is 9.37 Å². The maximum absolute atomic E-state index is 12.9. The Labute approximate surface area is 170 Å². The summed E-state index contributed by atoms with van der Waals surface area (Å²) < 4.78 is 12.9. The molecule has 0 aliphatic heterocycles. The van der Waals surface area contributed by atoms with Crippen LogP contribution in [0.1, 0.15) is 27.9 Å². The summed E-state index contributed by atoms with van der Waals surface area (Å²) in [5.41, 5.74) is 1.46. The van der Waals surface area contributed by atoms with Crippen molar-refractivity contribution in [2.45, 2.75) is 20.4 Å². The summed E-state index contributed by atoms with van der Waals surface area (Å²) in [5.74, 6) is -0.780. The van der Waals surface area contributed by atoms with Gasteiger partial charge < -0.3 is 10.2 Å². The van der Waals surface area contributed by atoms with E-state index in [1.54, 1.807) is 23.5 Å². The summed E-state index contributed by atoms with van der Waals surface area (Å²) in [5, 5.41) is 5.55. The number of likely N-dealkylation sites (N-methyl/N-ethyl adjacent to an activating group) is 1. The average molecular weight is 418 g/mol. The summed E-state index contributed by atoms with van der Waals surface area (Å²) in [4.78, 5) is 32.8. The van der Waals surface area contributed by atoms with Gasteiger partial charge in [0.15, 0.2) is 0 Å². The van der Waals surface area contributed by atoms with Crippen LogP contribution in [0, 0.1) is 12.7 Å². The Balaban J connectivity index is 1.63. The van der Waals surface area contributed by atoms with E-state index in [1.165, 1.54) is 28.4 Å². The van der Waals surface area contributed by atoms with Gasteiger partial charge in [0.05, 0.1) is 17.1 Å². The largest absolute Gasteiger partial charge is 0.350 e. The van der Waals surface area contributed by atoms with E-state index in [-0.39, 0.29) is 30.7 Å². The molecule has 0 saturated carbocycles. The lowest BCUT2D eigenvalue weighted by Crippen LogP contribution is -2.40. The van der Waals surface area contributed by atoms with Gasteiger partial charge in [-0.1, -0.05) is 18.2 Å². The number of hydrogen-bond donors (Lipinski definition) is 1. The Morgan fingerprint density at radius 3 is 2.61 bits per heavy atom. The van der Waals surface area contributed by atoms with Crippen molar-refractivity contribution in [3.63, 3.8) is 0 Å². The van der Waals surface area contributed by atoms with Crippen LogP contribution in [0.4, 0.5) is 4.39 Å². The second-order valence-electron chi connectivity index (χ2n) is 6.13. The minimum absolute atomic E-state index is 0.0395. The molecule has 28 heavy (non-hydrogen) atoms. The minimum atomic E-state index is -0.320. The Bertz CT molecular complexity index is 953. The Hall–Kier alpha value is -2.58. The maximum Gasteiger partial charge on any atom is 0.266 e. The van der Waals surface area contributed by atoms with Gasteiger partial charge in [-0.2, -0.15) is 0 Å². The number of aromatic nitrogens is 1. The van der Waals surface area contributed by atoms with E-state index in [2.05, 4.69) is 10.3 Å². The highest BCUT2D eigenvalue weighted by Crippen LogP contribution is 2.31. The molecule has 2 amide bonds. The molecule has 0 aliphatic carbocycles. The third-order valence-corrected chi connectivity index (χ3v) is 6.31. The lowest BCUT2D eigenvalue weighted by Gasteiger charge is -2.19. The van der Waals surface area contributed by atoms with E-state index < -0.39 is 0 Å². The summed E-state index contributed by atoms with van der Waals surface area (Å²) in [6, 6.07) is 9.85. The predicted molar refractivity (Wildman–Crippen MR) is 110 cm³/mol. The molecule has 8 heteroatoms. The molecule has 2 aromatic heterocycles. The summed E-state index contributed by atoms with van der Waals surface area (Å²) in [7, 11) is 0. The molecule has 0 aliphatic rings. The van der Waals surface area contributed by atoms with Gasteiger partial charge in [0.25, 0.3) is 5.91 Å². The summed E-state index contributed by atoms with van der Waals surface area (Å²) in [6.45, 7) is 4.30. The number of carbonyl (C=O) groups is 2. The van der Waals surface area contributed by atoms with Crippen LogP contribution in [0.25, 0.3) is 9.88 Å². The molecule has 0 bridgehead atoms. The zero-order chi connectivity index (χ0) is 20.1. The lowest BCUT2D eigenvalue weighted by molar-refractivity contribution is -0.121. The second-order valence-corrected chi connectivity index (χ2v) is 8.08. The number of hydrogen-bond acceptors (Lipinski definition) is 5. The van der Waals surface area contributed by atoms with Crippen LogP contribution < -0.4 is 5.32 Å². The summed E-state index contributed by atoms with van der Waals surface area (Å²) in [6.07, 6.45) is 0. The molecule has 0 unspecified atom stereocenters. The van der Waals surface area contributed by atoms with Gasteiger partial charge in [-0.15, -0.1) is 22.7 Å². The molecule has 0 fully saturated rings. The maximum atomic E-state index is 12.9. The van der Waals surface area contributed by atoms with Gasteiger partial charge >= 0.3 is 0 Å². The fraction of sp³-hybridized carbons (Fsp3) is 0.250. The topological polar surface area (TPSA) is 62.3 Å². The third-order valence-electron chi connectivity index (χ3n) is 4.13. The van der Waals surface area contributed by atoms with Gasteiger partial charge in [-0.3, -0.25) is 9.59 Å². The molecular formula is C20H20FN3O2S2. The lowest BCUT2D eigenvalue weighted by atomic mass is 10.2. The van der Waals surface area contributed by atoms with Crippen molar-refractivity contribution in [1.82, 2.24) is 15.2 Å². The first-order valence-electron chi connectivity index (χ1n) is 8.79. The number of benzene rings is 1. The van der Waals surface area contributed by atoms with Gasteiger partial charge in [0, 0.05) is 13.1 Å². The van der Waals surface area contributed by atoms with Crippen molar-refractivity contribution in [1.29, 1.82) is 0 Å². The van der Waals surface area contributed by atoms with Crippen LogP contribution in [-0.4, -0.2) is 34.8 Å². The summed E-state index contributed by atoms with van der Waals surface area (Å²) >= 11 is 2.92. The highest BCUT2D eigenvalue weighted by atomic mass is 32.1. The third kappa shape index (κ3) is 4.82. The molecule has 2 heterocycles. The fourth-order valence-corrected chi connectivity index (χ4v) is 4.43. The SMILES string of the molecule is CCN(CC(=O)NCc1ccc(F)cc1)C(=O)c1sc(-c2cccs2)nc1C. The highest BCUT2D eigenvalue weighted by molar-refractivity contribution is 7.22. The number of halogens is 1. The van der Waals surface area contributed by atoms with Crippen LogP contribution in [0.15, 0.2) is 41.8 Å². The van der Waals surface area contributed by atoms with Gasteiger partial charge in [-0.05, 0) is 43.0 Å². The molecule has 3 aromatic rings. The molecule has 0 atom stereocenters. The van der Waals surface area contributed by atoms with Crippen molar-refractivity contribution in [3.8, 4) is 9.88 Å². The smallest absolute Gasteiger partial charge is 0.266 e. The van der Waals surface area contributed by atoms with Crippen LogP contribution in [-0.2, 0) is 11.3 Å². The fourth-order valence-electron chi connectivity index (χ4n) is 2.60. The molecule has 3 rings (SSSR count). The number of thiophene rings is 1. The Morgan fingerprint density at radius 2 is 1.96 bits per heavy atom. The molecule has 0 spiro atoms. The molecule has 1 aromatic carbocycles. The van der Waals surface area contributed by atoms with E-state index in [0.29, 0.717) is 17.1 Å². The zero-order valence-corrected chi connectivity index (χ0v) is 17.2. The van der Waals surface area contributed by atoms with Gasteiger partial charge in [0.1, 0.15) is 15.7 Å². The van der Waals surface area contributed by atoms with E-state index in [9.17, 15) is 14.0 Å². The number of thiazole rings is 1. The van der Waals surface area contributed by atoms with Crippen LogP contribution in [0.3, 0.4) is 0 Å². The van der Waals surface area contributed by atoms with Crippen molar-refractivity contribution in [2.75, 3.05) is 13.1 Å². The highest BCUT2D eigenvalue weighted by Gasteiger charge is 2.23. The standard InChI is InChI=1S/C20H20FN3O2S2/c1-3-24(12-17(25)22-11-14-6-8-15(21)9-7-14)20(26)18-13(2)23-19(28-18)16-5-4-10-27-16/h4-10H,3,11-12H2,1-2H3,(H,22,25). The first-order chi connectivity index (χ1) is 13.5. The predicted octanol–water partition coefficient (Wildman–Crippen LogP) is 4.10. The molecule has 0 saturated heterocycles. The first-order valence-corrected chi connectivity index (χ1v) is 10.5. The number of amides is 2. The van der Waals surface area contributed by atoms with Crippen LogP contribution >= 0.6 is 22.7 Å². The second kappa shape index (κ2) is 9.07. The molecular weight excluding hydrogens is 397 g/mol. The van der Waals surface area contributed by atoms with E-state index in [4.69, 9.17) is 0 Å². The molecule has 5 nitrogen and oxygen atoms in total.